The third-order valence-corrected chi connectivity index (χ3v) is 3.52. The smallest absolute Gasteiger partial charge is 0.216 e. The summed E-state index contributed by atoms with van der Waals surface area (Å²) >= 11 is 3.25. The zero-order chi connectivity index (χ0) is 14.7. The van der Waals surface area contributed by atoms with Crippen LogP contribution in [0, 0.1) is 17.5 Å². The average molecular weight is 347 g/mol. The van der Waals surface area contributed by atoms with Crippen LogP contribution in [-0.2, 0) is 6.42 Å². The average Bonchev–Trinajstić information content (AvgIpc) is 2.45. The topological polar surface area (TPSA) is 35.0 Å². The Balaban J connectivity index is 2.23. The van der Waals surface area contributed by atoms with Crippen molar-refractivity contribution in [2.24, 2.45) is 0 Å². The fourth-order valence-corrected chi connectivity index (χ4v) is 2.36. The zero-order valence-corrected chi connectivity index (χ0v) is 12.0. The lowest BCUT2D eigenvalue weighted by Gasteiger charge is -2.12. The number of methoxy groups -OCH3 is 1. The summed E-state index contributed by atoms with van der Waals surface area (Å²) in [7, 11) is 1.47. The van der Waals surface area contributed by atoms with E-state index >= 15 is 0 Å². The first kappa shape index (κ1) is 14.8. The molecule has 7 heteroatoms. The molecule has 3 nitrogen and oxygen atoms in total. The summed E-state index contributed by atoms with van der Waals surface area (Å²) in [4.78, 5) is 7.32. The normalized spacial score (nSPS) is 12.2. The second-order valence-electron chi connectivity index (χ2n) is 3.99. The molecule has 0 spiro atoms. The van der Waals surface area contributed by atoms with Crippen molar-refractivity contribution in [1.82, 2.24) is 9.97 Å². The van der Waals surface area contributed by atoms with Crippen LogP contribution in [0.4, 0.5) is 13.2 Å². The van der Waals surface area contributed by atoms with E-state index in [-0.39, 0.29) is 12.0 Å². The van der Waals surface area contributed by atoms with E-state index in [4.69, 9.17) is 4.74 Å². The number of alkyl halides is 1. The summed E-state index contributed by atoms with van der Waals surface area (Å²) in [5.74, 6) is -3.52. The van der Waals surface area contributed by atoms with Crippen molar-refractivity contribution in [2.75, 3.05) is 7.11 Å². The lowest BCUT2D eigenvalue weighted by molar-refractivity contribution is 0.396. The highest BCUT2D eigenvalue weighted by molar-refractivity contribution is 9.09. The van der Waals surface area contributed by atoms with Gasteiger partial charge >= 0.3 is 0 Å². The molecule has 0 amide bonds. The molecular weight excluding hydrogens is 337 g/mol. The Morgan fingerprint density at radius 3 is 2.65 bits per heavy atom. The van der Waals surface area contributed by atoms with Crippen molar-refractivity contribution < 1.29 is 17.9 Å². The first-order chi connectivity index (χ1) is 9.52. The van der Waals surface area contributed by atoms with Crippen LogP contribution in [0.25, 0.3) is 0 Å². The summed E-state index contributed by atoms with van der Waals surface area (Å²) in [5, 5.41) is 0. The third kappa shape index (κ3) is 3.09. The summed E-state index contributed by atoms with van der Waals surface area (Å²) in [6.07, 6.45) is 1.59. The minimum atomic E-state index is -1.48. The van der Waals surface area contributed by atoms with E-state index in [1.165, 1.54) is 19.5 Å². The number of halogens is 4. The highest BCUT2D eigenvalue weighted by Gasteiger charge is 2.19. The van der Waals surface area contributed by atoms with E-state index < -0.39 is 22.3 Å². The molecule has 2 aromatic rings. The standard InChI is InChI=1S/C13H10BrF3N2O/c1-20-11-5-7(18-6-19-11)4-9(14)8-2-3-10(15)13(17)12(8)16/h2-3,5-6,9H,4H2,1H3. The minimum absolute atomic E-state index is 0.0291. The van der Waals surface area contributed by atoms with Crippen LogP contribution >= 0.6 is 15.9 Å². The van der Waals surface area contributed by atoms with Gasteiger partial charge in [-0.05, 0) is 6.07 Å². The Bertz CT molecular complexity index is 625. The molecule has 0 saturated heterocycles. The van der Waals surface area contributed by atoms with Crippen molar-refractivity contribution >= 4 is 15.9 Å². The maximum Gasteiger partial charge on any atom is 0.216 e. The maximum absolute atomic E-state index is 13.7. The SMILES string of the molecule is COc1cc(CC(Br)c2ccc(F)c(F)c2F)ncn1. The number of nitrogens with zero attached hydrogens (tertiary/aromatic N) is 2. The van der Waals surface area contributed by atoms with Gasteiger partial charge in [0.15, 0.2) is 17.5 Å². The van der Waals surface area contributed by atoms with Crippen molar-refractivity contribution in [3.63, 3.8) is 0 Å². The largest absolute Gasteiger partial charge is 0.481 e. The molecule has 1 aromatic heterocycles. The van der Waals surface area contributed by atoms with Gasteiger partial charge in [-0.25, -0.2) is 23.1 Å². The van der Waals surface area contributed by atoms with Crippen molar-refractivity contribution in [2.45, 2.75) is 11.2 Å². The van der Waals surface area contributed by atoms with Crippen molar-refractivity contribution in [3.05, 3.63) is 53.2 Å². The van der Waals surface area contributed by atoms with Crippen LogP contribution in [0.2, 0.25) is 0 Å². The molecule has 106 valence electrons. The molecule has 0 aliphatic rings. The molecule has 0 bridgehead atoms. The molecule has 20 heavy (non-hydrogen) atoms. The predicted octanol–water partition coefficient (Wildman–Crippen LogP) is 3.58. The van der Waals surface area contributed by atoms with Crippen LogP contribution in [-0.4, -0.2) is 17.1 Å². The molecule has 1 heterocycles. The Morgan fingerprint density at radius 1 is 1.20 bits per heavy atom. The fourth-order valence-electron chi connectivity index (χ4n) is 1.68. The Labute approximate surface area is 122 Å². The quantitative estimate of drug-likeness (QED) is 0.626. The highest BCUT2D eigenvalue weighted by Crippen LogP contribution is 2.30. The lowest BCUT2D eigenvalue weighted by Crippen LogP contribution is -2.04. The van der Waals surface area contributed by atoms with Gasteiger partial charge in [0.25, 0.3) is 0 Å². The molecule has 1 unspecified atom stereocenters. The first-order valence-corrected chi connectivity index (χ1v) is 6.57. The molecule has 0 fully saturated rings. The number of hydrogen-bond donors (Lipinski definition) is 0. The lowest BCUT2D eigenvalue weighted by atomic mass is 10.1. The van der Waals surface area contributed by atoms with Crippen LogP contribution in [0.15, 0.2) is 24.5 Å². The number of aromatic nitrogens is 2. The molecular formula is C13H10BrF3N2O. The van der Waals surface area contributed by atoms with E-state index in [2.05, 4.69) is 25.9 Å². The maximum atomic E-state index is 13.7. The Morgan fingerprint density at radius 2 is 1.95 bits per heavy atom. The minimum Gasteiger partial charge on any atom is -0.481 e. The van der Waals surface area contributed by atoms with Gasteiger partial charge in [0, 0.05) is 28.6 Å². The van der Waals surface area contributed by atoms with Crippen molar-refractivity contribution in [3.8, 4) is 5.88 Å². The number of benzene rings is 1. The van der Waals surface area contributed by atoms with Gasteiger partial charge in [-0.2, -0.15) is 0 Å². The molecule has 1 aromatic carbocycles. The van der Waals surface area contributed by atoms with Gasteiger partial charge in [-0.15, -0.1) is 0 Å². The van der Waals surface area contributed by atoms with Gasteiger partial charge in [-0.3, -0.25) is 0 Å². The fraction of sp³-hybridized carbons (Fsp3) is 0.231. The van der Waals surface area contributed by atoms with Gasteiger partial charge in [-0.1, -0.05) is 22.0 Å². The Hall–Kier alpha value is -1.63. The predicted molar refractivity (Wildman–Crippen MR) is 70.3 cm³/mol. The number of ether oxygens (including phenoxy) is 1. The van der Waals surface area contributed by atoms with Crippen molar-refractivity contribution in [1.29, 1.82) is 0 Å². The second-order valence-corrected chi connectivity index (χ2v) is 5.09. The molecule has 0 N–H and O–H groups in total. The summed E-state index contributed by atoms with van der Waals surface area (Å²) in [6.45, 7) is 0. The molecule has 0 aliphatic carbocycles. The molecule has 0 aliphatic heterocycles. The first-order valence-electron chi connectivity index (χ1n) is 5.65. The molecule has 2 rings (SSSR count). The second kappa shape index (κ2) is 6.21. The van der Waals surface area contributed by atoms with Crippen LogP contribution < -0.4 is 4.74 Å². The van der Waals surface area contributed by atoms with Gasteiger partial charge < -0.3 is 4.74 Å². The van der Waals surface area contributed by atoms with Crippen LogP contribution in [0.1, 0.15) is 16.1 Å². The van der Waals surface area contributed by atoms with E-state index in [0.29, 0.717) is 11.6 Å². The van der Waals surface area contributed by atoms with Gasteiger partial charge in [0.2, 0.25) is 5.88 Å². The number of rotatable bonds is 4. The Kier molecular flexibility index (Phi) is 4.59. The summed E-state index contributed by atoms with van der Waals surface area (Å²) < 4.78 is 44.7. The van der Waals surface area contributed by atoms with E-state index in [1.54, 1.807) is 6.07 Å². The summed E-state index contributed by atoms with van der Waals surface area (Å²) in [5.41, 5.74) is 0.615. The van der Waals surface area contributed by atoms with Crippen LogP contribution in [0.5, 0.6) is 5.88 Å². The van der Waals surface area contributed by atoms with Crippen LogP contribution in [0.3, 0.4) is 0 Å². The van der Waals surface area contributed by atoms with Gasteiger partial charge in [0.05, 0.1) is 7.11 Å². The van der Waals surface area contributed by atoms with Gasteiger partial charge in [0.1, 0.15) is 6.33 Å². The molecule has 1 atom stereocenters. The van der Waals surface area contributed by atoms with E-state index in [9.17, 15) is 13.2 Å². The van der Waals surface area contributed by atoms with E-state index in [1.807, 2.05) is 0 Å². The summed E-state index contributed by atoms with van der Waals surface area (Å²) in [6, 6.07) is 3.68. The molecule has 0 saturated carbocycles. The monoisotopic (exact) mass is 346 g/mol. The molecule has 0 radical (unpaired) electrons. The third-order valence-electron chi connectivity index (χ3n) is 2.70. The number of hydrogen-bond acceptors (Lipinski definition) is 3. The van der Waals surface area contributed by atoms with E-state index in [0.717, 1.165) is 6.07 Å². The zero-order valence-electron chi connectivity index (χ0n) is 10.4. The highest BCUT2D eigenvalue weighted by atomic mass is 79.9.